The van der Waals surface area contributed by atoms with Gasteiger partial charge in [0.25, 0.3) is 0 Å². The zero-order chi connectivity index (χ0) is 23.6. The van der Waals surface area contributed by atoms with Gasteiger partial charge in [-0.3, -0.25) is 19.2 Å². The summed E-state index contributed by atoms with van der Waals surface area (Å²) in [4.78, 5) is 49.3. The van der Waals surface area contributed by atoms with E-state index in [9.17, 15) is 19.2 Å². The third-order valence-corrected chi connectivity index (χ3v) is 5.44. The quantitative estimate of drug-likeness (QED) is 0.214. The van der Waals surface area contributed by atoms with E-state index in [0.717, 1.165) is 25.7 Å². The predicted octanol–water partition coefficient (Wildman–Crippen LogP) is -0.408. The molecule has 0 aromatic heterocycles. The first-order valence-corrected chi connectivity index (χ1v) is 10.9. The lowest BCUT2D eigenvalue weighted by atomic mass is 9.96. The first-order valence-electron chi connectivity index (χ1n) is 10.9. The molecular weight excluding hydrogens is 400 g/mol. The van der Waals surface area contributed by atoms with E-state index < -0.39 is 35.8 Å². The van der Waals surface area contributed by atoms with Crippen LogP contribution in [-0.2, 0) is 19.2 Å². The molecule has 1 rings (SSSR count). The summed E-state index contributed by atoms with van der Waals surface area (Å²) < 4.78 is 0. The maximum atomic E-state index is 13.0. The zero-order valence-corrected chi connectivity index (χ0v) is 18.8. The first kappa shape index (κ1) is 26.3. The number of carbonyl (C=O) groups excluding carboxylic acids is 4. The van der Waals surface area contributed by atoms with E-state index in [0.29, 0.717) is 25.2 Å². The van der Waals surface area contributed by atoms with Crippen LogP contribution in [0.3, 0.4) is 0 Å². The van der Waals surface area contributed by atoms with E-state index in [-0.39, 0.29) is 17.7 Å². The van der Waals surface area contributed by atoms with Gasteiger partial charge in [-0.1, -0.05) is 33.3 Å². The summed E-state index contributed by atoms with van der Waals surface area (Å²) in [6.45, 7) is 8.93. The molecule has 3 atom stereocenters. The van der Waals surface area contributed by atoms with Crippen LogP contribution in [0.1, 0.15) is 59.3 Å². The molecular formula is C21H38N6O4. The fraction of sp³-hybridized carbons (Fsp3) is 0.714. The molecule has 10 nitrogen and oxygen atoms in total. The minimum Gasteiger partial charge on any atom is -0.386 e. The monoisotopic (exact) mass is 438 g/mol. The van der Waals surface area contributed by atoms with Crippen LogP contribution in [0.2, 0.25) is 0 Å². The van der Waals surface area contributed by atoms with Crippen molar-refractivity contribution in [2.75, 3.05) is 6.54 Å². The highest BCUT2D eigenvalue weighted by Crippen LogP contribution is 2.28. The number of hydrogen-bond donors (Lipinski definition) is 6. The number of carbonyl (C=O) groups is 4. The van der Waals surface area contributed by atoms with Crippen molar-refractivity contribution < 1.29 is 19.2 Å². The minimum absolute atomic E-state index is 0.0314. The largest absolute Gasteiger partial charge is 0.386 e. The minimum atomic E-state index is -0.890. The second kappa shape index (κ2) is 12.8. The molecule has 0 aliphatic heterocycles. The van der Waals surface area contributed by atoms with E-state index >= 15 is 0 Å². The number of amides is 4. The van der Waals surface area contributed by atoms with Crippen LogP contribution in [0.4, 0.5) is 0 Å². The molecule has 1 fully saturated rings. The van der Waals surface area contributed by atoms with E-state index in [1.165, 1.54) is 6.92 Å². The maximum Gasteiger partial charge on any atom is 0.243 e. The fourth-order valence-electron chi connectivity index (χ4n) is 3.81. The summed E-state index contributed by atoms with van der Waals surface area (Å²) >= 11 is 0. The smallest absolute Gasteiger partial charge is 0.243 e. The summed E-state index contributed by atoms with van der Waals surface area (Å²) in [6, 6.07) is -2.44. The van der Waals surface area contributed by atoms with Crippen LogP contribution in [0.15, 0.2) is 12.4 Å². The van der Waals surface area contributed by atoms with Gasteiger partial charge in [0, 0.05) is 13.5 Å². The van der Waals surface area contributed by atoms with Crippen molar-refractivity contribution in [3.63, 3.8) is 0 Å². The van der Waals surface area contributed by atoms with Crippen molar-refractivity contribution in [1.82, 2.24) is 21.3 Å². The van der Waals surface area contributed by atoms with Gasteiger partial charge < -0.3 is 32.7 Å². The Labute approximate surface area is 184 Å². The molecule has 0 aromatic carbocycles. The molecule has 8 N–H and O–H groups in total. The van der Waals surface area contributed by atoms with Gasteiger partial charge in [-0.2, -0.15) is 0 Å². The molecule has 1 saturated carbocycles. The van der Waals surface area contributed by atoms with Gasteiger partial charge in [0.15, 0.2) is 0 Å². The molecule has 0 saturated heterocycles. The van der Waals surface area contributed by atoms with Crippen LogP contribution >= 0.6 is 0 Å². The molecule has 0 radical (unpaired) electrons. The molecule has 176 valence electrons. The number of nitrogens with one attached hydrogen (secondary N) is 4. The highest BCUT2D eigenvalue weighted by molar-refractivity contribution is 5.94. The van der Waals surface area contributed by atoms with Gasteiger partial charge in [-0.15, -0.1) is 0 Å². The van der Waals surface area contributed by atoms with Crippen LogP contribution < -0.4 is 32.7 Å². The molecule has 0 spiro atoms. The van der Waals surface area contributed by atoms with E-state index in [2.05, 4.69) is 27.8 Å². The Morgan fingerprint density at radius 2 is 1.61 bits per heavy atom. The van der Waals surface area contributed by atoms with Crippen molar-refractivity contribution in [2.45, 2.75) is 77.4 Å². The number of nitrogens with two attached hydrogens (primary N) is 2. The summed E-state index contributed by atoms with van der Waals surface area (Å²) in [6.07, 6.45) is 4.51. The molecule has 0 bridgehead atoms. The van der Waals surface area contributed by atoms with Crippen LogP contribution in [-0.4, -0.2) is 48.3 Å². The number of primary amides is 1. The number of hydrogen-bond acceptors (Lipinski definition) is 6. The lowest BCUT2D eigenvalue weighted by Crippen LogP contribution is -2.58. The Balaban J connectivity index is 2.92. The summed E-state index contributed by atoms with van der Waals surface area (Å²) in [5, 5.41) is 11.0. The fourth-order valence-corrected chi connectivity index (χ4v) is 3.81. The van der Waals surface area contributed by atoms with Gasteiger partial charge in [0.2, 0.25) is 23.6 Å². The van der Waals surface area contributed by atoms with Gasteiger partial charge >= 0.3 is 0 Å². The van der Waals surface area contributed by atoms with Crippen LogP contribution in [0.25, 0.3) is 0 Å². The third kappa shape index (κ3) is 9.27. The standard InChI is InChI=1S/C21H38N6O4/c1-12(2)17(19(23)29)27-20(30)16(10-7-11-24-13(3)22)26-21(31)18(25-14(4)28)15-8-5-6-9-15/h12,15-18,24H,3,5-11,22H2,1-2,4H3,(H2,23,29)(H,25,28)(H,26,31)(H,27,30)/t16-,17-,18-/m0/s1. The molecule has 31 heavy (non-hydrogen) atoms. The van der Waals surface area contributed by atoms with Crippen LogP contribution in [0, 0.1) is 11.8 Å². The van der Waals surface area contributed by atoms with Crippen molar-refractivity contribution in [3.05, 3.63) is 12.4 Å². The Kier molecular flexibility index (Phi) is 10.8. The average molecular weight is 439 g/mol. The summed E-state index contributed by atoms with van der Waals surface area (Å²) in [5.74, 6) is -1.70. The zero-order valence-electron chi connectivity index (χ0n) is 18.8. The molecule has 0 aromatic rings. The molecule has 1 aliphatic carbocycles. The highest BCUT2D eigenvalue weighted by atomic mass is 16.2. The van der Waals surface area contributed by atoms with Crippen molar-refractivity contribution in [1.29, 1.82) is 0 Å². The van der Waals surface area contributed by atoms with Crippen molar-refractivity contribution in [2.24, 2.45) is 23.3 Å². The van der Waals surface area contributed by atoms with Crippen molar-refractivity contribution >= 4 is 23.6 Å². The van der Waals surface area contributed by atoms with E-state index in [1.807, 2.05) is 0 Å². The van der Waals surface area contributed by atoms with Gasteiger partial charge in [0.05, 0.1) is 5.82 Å². The molecule has 4 amide bonds. The Hall–Kier alpha value is -2.78. The molecule has 10 heteroatoms. The second-order valence-electron chi connectivity index (χ2n) is 8.51. The molecule has 0 unspecified atom stereocenters. The predicted molar refractivity (Wildman–Crippen MR) is 118 cm³/mol. The maximum absolute atomic E-state index is 13.0. The van der Waals surface area contributed by atoms with Crippen LogP contribution in [0.5, 0.6) is 0 Å². The Morgan fingerprint density at radius 3 is 2.10 bits per heavy atom. The molecule has 1 aliphatic rings. The normalized spacial score (nSPS) is 16.8. The van der Waals surface area contributed by atoms with Gasteiger partial charge in [-0.05, 0) is 37.5 Å². The van der Waals surface area contributed by atoms with Gasteiger partial charge in [-0.25, -0.2) is 0 Å². The van der Waals surface area contributed by atoms with Gasteiger partial charge in [0.1, 0.15) is 18.1 Å². The van der Waals surface area contributed by atoms with Crippen molar-refractivity contribution in [3.8, 4) is 0 Å². The first-order chi connectivity index (χ1) is 14.5. The lowest BCUT2D eigenvalue weighted by molar-refractivity contribution is -0.134. The van der Waals surface area contributed by atoms with E-state index in [1.54, 1.807) is 13.8 Å². The average Bonchev–Trinajstić information content (AvgIpc) is 3.19. The molecule has 0 heterocycles. The van der Waals surface area contributed by atoms with E-state index in [4.69, 9.17) is 11.5 Å². The topological polar surface area (TPSA) is 168 Å². The summed E-state index contributed by atoms with van der Waals surface area (Å²) in [7, 11) is 0. The third-order valence-electron chi connectivity index (χ3n) is 5.44. The SMILES string of the molecule is C=C(N)NCCC[C@H](NC(=O)[C@@H](NC(C)=O)C1CCCC1)C(=O)N[C@H](C(N)=O)C(C)C. The highest BCUT2D eigenvalue weighted by Gasteiger charge is 2.34. The lowest BCUT2D eigenvalue weighted by Gasteiger charge is -2.28. The Morgan fingerprint density at radius 1 is 1.00 bits per heavy atom. The number of rotatable bonds is 13. The second-order valence-corrected chi connectivity index (χ2v) is 8.51. The summed E-state index contributed by atoms with van der Waals surface area (Å²) in [5.41, 5.74) is 10.9. The Bertz CT molecular complexity index is 660.